The third-order valence-electron chi connectivity index (χ3n) is 4.61. The minimum Gasteiger partial charge on any atom is -0.497 e. The molecule has 0 aliphatic carbocycles. The molecule has 6 nitrogen and oxygen atoms in total. The van der Waals surface area contributed by atoms with E-state index in [1.165, 1.54) is 0 Å². The normalized spacial score (nSPS) is 17.9. The third kappa shape index (κ3) is 2.96. The van der Waals surface area contributed by atoms with Crippen molar-refractivity contribution in [3.63, 3.8) is 0 Å². The number of hydrogen-bond donors (Lipinski definition) is 1. The summed E-state index contributed by atoms with van der Waals surface area (Å²) in [6, 6.07) is 5.27. The Kier molecular flexibility index (Phi) is 4.46. The summed E-state index contributed by atoms with van der Waals surface area (Å²) in [5, 5.41) is 0.736. The first-order valence-electron chi connectivity index (χ1n) is 8.17. The minimum absolute atomic E-state index is 0.106. The predicted octanol–water partition coefficient (Wildman–Crippen LogP) is 2.62. The molecule has 2 aromatic rings. The summed E-state index contributed by atoms with van der Waals surface area (Å²) in [5.74, 6) is 0.761. The van der Waals surface area contributed by atoms with Gasteiger partial charge < -0.3 is 19.8 Å². The van der Waals surface area contributed by atoms with Crippen LogP contribution in [-0.4, -0.2) is 36.4 Å². The van der Waals surface area contributed by atoms with Crippen molar-refractivity contribution in [1.29, 1.82) is 0 Å². The molecule has 3 rings (SSSR count). The SMILES string of the molecule is COc1ccc2oc(C)c(C(=O)N3CCCC[C@H]3CC(N)=O)c2c1. The van der Waals surface area contributed by atoms with Gasteiger partial charge in [0.1, 0.15) is 17.1 Å². The lowest BCUT2D eigenvalue weighted by Gasteiger charge is -2.35. The highest BCUT2D eigenvalue weighted by atomic mass is 16.5. The topological polar surface area (TPSA) is 85.8 Å². The summed E-state index contributed by atoms with van der Waals surface area (Å²) in [6.07, 6.45) is 2.93. The Morgan fingerprint density at radius 1 is 1.38 bits per heavy atom. The summed E-state index contributed by atoms with van der Waals surface area (Å²) in [5.41, 5.74) is 6.55. The van der Waals surface area contributed by atoms with E-state index < -0.39 is 0 Å². The maximum atomic E-state index is 13.2. The van der Waals surface area contributed by atoms with Crippen LogP contribution in [0.1, 0.15) is 41.8 Å². The average Bonchev–Trinajstić information content (AvgIpc) is 2.89. The second kappa shape index (κ2) is 6.55. The van der Waals surface area contributed by atoms with Crippen molar-refractivity contribution in [1.82, 2.24) is 4.90 Å². The van der Waals surface area contributed by atoms with E-state index in [2.05, 4.69) is 0 Å². The van der Waals surface area contributed by atoms with E-state index in [9.17, 15) is 9.59 Å². The zero-order chi connectivity index (χ0) is 17.3. The first-order valence-corrected chi connectivity index (χ1v) is 8.17. The molecule has 0 unspecified atom stereocenters. The maximum absolute atomic E-state index is 13.2. The number of piperidine rings is 1. The van der Waals surface area contributed by atoms with E-state index in [-0.39, 0.29) is 24.3 Å². The molecule has 1 aromatic carbocycles. The van der Waals surface area contributed by atoms with E-state index >= 15 is 0 Å². The number of rotatable bonds is 4. The number of methoxy groups -OCH3 is 1. The first kappa shape index (κ1) is 16.4. The van der Waals surface area contributed by atoms with Gasteiger partial charge in [-0.2, -0.15) is 0 Å². The van der Waals surface area contributed by atoms with Crippen LogP contribution in [0.5, 0.6) is 5.75 Å². The number of aryl methyl sites for hydroxylation is 1. The van der Waals surface area contributed by atoms with Crippen molar-refractivity contribution in [3.05, 3.63) is 29.5 Å². The average molecular weight is 330 g/mol. The van der Waals surface area contributed by atoms with Crippen LogP contribution < -0.4 is 10.5 Å². The number of nitrogens with zero attached hydrogens (tertiary/aromatic N) is 1. The zero-order valence-corrected chi connectivity index (χ0v) is 14.0. The van der Waals surface area contributed by atoms with Gasteiger partial charge in [0, 0.05) is 24.4 Å². The van der Waals surface area contributed by atoms with Gasteiger partial charge in [-0.1, -0.05) is 0 Å². The van der Waals surface area contributed by atoms with Gasteiger partial charge >= 0.3 is 0 Å². The van der Waals surface area contributed by atoms with Gasteiger partial charge in [-0.05, 0) is 44.4 Å². The molecule has 1 aromatic heterocycles. The number of furan rings is 1. The standard InChI is InChI=1S/C18H22N2O4/c1-11-17(14-10-13(23-2)6-7-15(14)24-11)18(22)20-8-4-3-5-12(20)9-16(19)21/h6-7,10,12H,3-5,8-9H2,1-2H3,(H2,19,21)/t12-/m0/s1. The van der Waals surface area contributed by atoms with Gasteiger partial charge in [0.15, 0.2) is 0 Å². The number of ether oxygens (including phenoxy) is 1. The molecule has 0 bridgehead atoms. The Bertz CT molecular complexity index is 781. The van der Waals surface area contributed by atoms with Crippen LogP contribution in [0.3, 0.4) is 0 Å². The van der Waals surface area contributed by atoms with Crippen molar-refractivity contribution >= 4 is 22.8 Å². The smallest absolute Gasteiger partial charge is 0.258 e. The molecule has 2 N–H and O–H groups in total. The highest BCUT2D eigenvalue weighted by Gasteiger charge is 2.31. The van der Waals surface area contributed by atoms with Gasteiger partial charge in [-0.3, -0.25) is 9.59 Å². The number of nitrogens with two attached hydrogens (primary N) is 1. The van der Waals surface area contributed by atoms with Crippen molar-refractivity contribution in [2.24, 2.45) is 5.73 Å². The van der Waals surface area contributed by atoms with Crippen molar-refractivity contribution in [3.8, 4) is 5.75 Å². The van der Waals surface area contributed by atoms with Crippen LogP contribution in [-0.2, 0) is 4.79 Å². The quantitative estimate of drug-likeness (QED) is 0.933. The molecule has 1 saturated heterocycles. The van der Waals surface area contributed by atoms with Crippen LogP contribution in [0.4, 0.5) is 0 Å². The molecule has 6 heteroatoms. The molecule has 1 fully saturated rings. The molecule has 2 amide bonds. The monoisotopic (exact) mass is 330 g/mol. The van der Waals surface area contributed by atoms with Crippen LogP contribution in [0.25, 0.3) is 11.0 Å². The Labute approximate surface area is 140 Å². The Balaban J connectivity index is 2.00. The van der Waals surface area contributed by atoms with Gasteiger partial charge in [0.2, 0.25) is 5.91 Å². The first-order chi connectivity index (χ1) is 11.5. The minimum atomic E-state index is -0.379. The van der Waals surface area contributed by atoms with Crippen LogP contribution in [0.15, 0.2) is 22.6 Å². The Morgan fingerprint density at radius 3 is 2.88 bits per heavy atom. The van der Waals surface area contributed by atoms with Gasteiger partial charge in [0.25, 0.3) is 5.91 Å². The van der Waals surface area contributed by atoms with Gasteiger partial charge in [0.05, 0.1) is 12.7 Å². The number of amides is 2. The zero-order valence-electron chi connectivity index (χ0n) is 14.0. The maximum Gasteiger partial charge on any atom is 0.258 e. The molecule has 0 radical (unpaired) electrons. The highest BCUT2D eigenvalue weighted by molar-refractivity contribution is 6.07. The highest BCUT2D eigenvalue weighted by Crippen LogP contribution is 2.32. The van der Waals surface area contributed by atoms with Gasteiger partial charge in [-0.25, -0.2) is 0 Å². The second-order valence-corrected chi connectivity index (χ2v) is 6.21. The lowest BCUT2D eigenvalue weighted by Crippen LogP contribution is -2.45. The van der Waals surface area contributed by atoms with Crippen LogP contribution in [0.2, 0.25) is 0 Å². The summed E-state index contributed by atoms with van der Waals surface area (Å²) >= 11 is 0. The van der Waals surface area contributed by atoms with Crippen molar-refractivity contribution < 1.29 is 18.7 Å². The molecule has 2 heterocycles. The summed E-state index contributed by atoms with van der Waals surface area (Å²) < 4.78 is 11.0. The molecule has 0 saturated carbocycles. The van der Waals surface area contributed by atoms with Crippen LogP contribution in [0, 0.1) is 6.92 Å². The van der Waals surface area contributed by atoms with Crippen molar-refractivity contribution in [2.75, 3.05) is 13.7 Å². The third-order valence-corrected chi connectivity index (χ3v) is 4.61. The van der Waals surface area contributed by atoms with E-state index in [0.29, 0.717) is 29.2 Å². The summed E-state index contributed by atoms with van der Waals surface area (Å²) in [6.45, 7) is 2.42. The fourth-order valence-corrected chi connectivity index (χ4v) is 3.45. The van der Waals surface area contributed by atoms with Gasteiger partial charge in [-0.15, -0.1) is 0 Å². The van der Waals surface area contributed by atoms with Crippen LogP contribution >= 0.6 is 0 Å². The van der Waals surface area contributed by atoms with E-state index in [0.717, 1.165) is 24.6 Å². The largest absolute Gasteiger partial charge is 0.497 e. The molecule has 1 aliphatic heterocycles. The van der Waals surface area contributed by atoms with Crippen molar-refractivity contribution in [2.45, 2.75) is 38.6 Å². The number of primary amides is 1. The molecular weight excluding hydrogens is 308 g/mol. The Hall–Kier alpha value is -2.50. The molecule has 1 atom stereocenters. The van der Waals surface area contributed by atoms with E-state index in [1.54, 1.807) is 31.1 Å². The summed E-state index contributed by atoms with van der Waals surface area (Å²) in [7, 11) is 1.59. The molecular formula is C18H22N2O4. The predicted molar refractivity (Wildman–Crippen MR) is 90.0 cm³/mol. The number of hydrogen-bond acceptors (Lipinski definition) is 4. The number of benzene rings is 1. The number of carbonyl (C=O) groups excluding carboxylic acids is 2. The fourth-order valence-electron chi connectivity index (χ4n) is 3.45. The fraction of sp³-hybridized carbons (Fsp3) is 0.444. The molecule has 128 valence electrons. The molecule has 24 heavy (non-hydrogen) atoms. The summed E-state index contributed by atoms with van der Waals surface area (Å²) in [4.78, 5) is 26.3. The molecule has 0 spiro atoms. The van der Waals surface area contributed by atoms with E-state index in [1.807, 2.05) is 6.07 Å². The lowest BCUT2D eigenvalue weighted by atomic mass is 9.97. The lowest BCUT2D eigenvalue weighted by molar-refractivity contribution is -0.119. The molecule has 1 aliphatic rings. The van der Waals surface area contributed by atoms with E-state index in [4.69, 9.17) is 14.9 Å². The number of likely N-dealkylation sites (tertiary alicyclic amines) is 1. The number of fused-ring (bicyclic) bond motifs is 1. The number of carbonyl (C=O) groups is 2. The second-order valence-electron chi connectivity index (χ2n) is 6.21. The Morgan fingerprint density at radius 2 is 2.17 bits per heavy atom.